The van der Waals surface area contributed by atoms with Crippen molar-refractivity contribution in [3.05, 3.63) is 73.6 Å². The summed E-state index contributed by atoms with van der Waals surface area (Å²) in [5.41, 5.74) is 1.54. The van der Waals surface area contributed by atoms with Gasteiger partial charge < -0.3 is 5.32 Å². The van der Waals surface area contributed by atoms with Crippen molar-refractivity contribution in [2.75, 3.05) is 5.32 Å². The fourth-order valence-electron chi connectivity index (χ4n) is 1.92. The zero-order valence-corrected chi connectivity index (χ0v) is 16.5. The van der Waals surface area contributed by atoms with E-state index in [9.17, 15) is 4.79 Å². The van der Waals surface area contributed by atoms with Crippen molar-refractivity contribution in [2.24, 2.45) is 0 Å². The van der Waals surface area contributed by atoms with Gasteiger partial charge in [0.15, 0.2) is 5.01 Å². The predicted molar refractivity (Wildman–Crippen MR) is 107 cm³/mol. The van der Waals surface area contributed by atoms with Crippen LogP contribution in [0.4, 0.5) is 5.69 Å². The van der Waals surface area contributed by atoms with Crippen LogP contribution in [0.1, 0.15) is 20.4 Å². The third-order valence-corrected chi connectivity index (χ3v) is 5.44. The van der Waals surface area contributed by atoms with Crippen LogP contribution >= 0.6 is 50.5 Å². The SMILES string of the molecule is O=C(Nc1ccc(Cl)cc1)c1nnc(/C(Cl)=C/c2ccccc2Br)s1. The fourth-order valence-corrected chi connectivity index (χ4v) is 3.36. The smallest absolute Gasteiger partial charge is 0.286 e. The lowest BCUT2D eigenvalue weighted by Gasteiger charge is -2.01. The minimum atomic E-state index is -0.351. The monoisotopic (exact) mass is 453 g/mol. The van der Waals surface area contributed by atoms with E-state index >= 15 is 0 Å². The Morgan fingerprint density at radius 2 is 1.76 bits per heavy atom. The van der Waals surface area contributed by atoms with Gasteiger partial charge in [0.2, 0.25) is 5.01 Å². The lowest BCUT2D eigenvalue weighted by molar-refractivity contribution is 0.102. The number of carbonyl (C=O) groups is 1. The number of amides is 1. The molecule has 0 radical (unpaired) electrons. The molecule has 25 heavy (non-hydrogen) atoms. The second-order valence-corrected chi connectivity index (χ2v) is 7.56. The molecule has 0 bridgehead atoms. The highest BCUT2D eigenvalue weighted by Crippen LogP contribution is 2.28. The van der Waals surface area contributed by atoms with E-state index in [2.05, 4.69) is 31.4 Å². The Hall–Kier alpha value is -1.73. The van der Waals surface area contributed by atoms with Crippen LogP contribution in [0, 0.1) is 0 Å². The molecule has 1 N–H and O–H groups in total. The summed E-state index contributed by atoms with van der Waals surface area (Å²) in [4.78, 5) is 12.2. The molecule has 2 aromatic carbocycles. The molecule has 0 fully saturated rings. The van der Waals surface area contributed by atoms with Crippen LogP contribution in [-0.2, 0) is 0 Å². The molecule has 0 atom stereocenters. The van der Waals surface area contributed by atoms with Gasteiger partial charge >= 0.3 is 0 Å². The highest BCUT2D eigenvalue weighted by molar-refractivity contribution is 9.10. The summed E-state index contributed by atoms with van der Waals surface area (Å²) in [5.74, 6) is -0.351. The molecule has 0 spiro atoms. The van der Waals surface area contributed by atoms with Gasteiger partial charge in [-0.2, -0.15) is 0 Å². The first-order chi connectivity index (χ1) is 12.0. The summed E-state index contributed by atoms with van der Waals surface area (Å²) in [7, 11) is 0. The van der Waals surface area contributed by atoms with Crippen molar-refractivity contribution >= 4 is 73.2 Å². The van der Waals surface area contributed by atoms with E-state index in [4.69, 9.17) is 23.2 Å². The molecule has 0 saturated heterocycles. The average molecular weight is 455 g/mol. The Bertz CT molecular complexity index is 941. The molecule has 1 heterocycles. The van der Waals surface area contributed by atoms with Crippen molar-refractivity contribution in [3.63, 3.8) is 0 Å². The number of anilines is 1. The zero-order chi connectivity index (χ0) is 17.8. The van der Waals surface area contributed by atoms with Gasteiger partial charge in [-0.15, -0.1) is 10.2 Å². The Labute approximate surface area is 166 Å². The number of nitrogens with one attached hydrogen (secondary N) is 1. The minimum Gasteiger partial charge on any atom is -0.320 e. The fraction of sp³-hybridized carbons (Fsp3) is 0. The molecule has 0 unspecified atom stereocenters. The van der Waals surface area contributed by atoms with E-state index in [0.717, 1.165) is 21.4 Å². The van der Waals surface area contributed by atoms with E-state index in [1.54, 1.807) is 30.3 Å². The van der Waals surface area contributed by atoms with Gasteiger partial charge in [0.1, 0.15) is 0 Å². The standard InChI is InChI=1S/C17H10BrCl2N3OS/c18-13-4-2-1-3-10(13)9-14(20)16-22-23-17(25-16)15(24)21-12-7-5-11(19)6-8-12/h1-9H,(H,21,24)/b14-9-. The van der Waals surface area contributed by atoms with Crippen molar-refractivity contribution in [3.8, 4) is 0 Å². The Balaban J connectivity index is 1.76. The van der Waals surface area contributed by atoms with Crippen LogP contribution in [0.2, 0.25) is 5.02 Å². The van der Waals surface area contributed by atoms with Crippen LogP contribution in [0.15, 0.2) is 53.0 Å². The number of halogens is 3. The molecular formula is C17H10BrCl2N3OS. The minimum absolute atomic E-state index is 0.226. The molecule has 126 valence electrons. The van der Waals surface area contributed by atoms with Crippen molar-refractivity contribution in [1.82, 2.24) is 10.2 Å². The lowest BCUT2D eigenvalue weighted by Crippen LogP contribution is -2.11. The number of aromatic nitrogens is 2. The summed E-state index contributed by atoms with van der Waals surface area (Å²) < 4.78 is 0.915. The van der Waals surface area contributed by atoms with Gasteiger partial charge in [-0.25, -0.2) is 0 Å². The number of hydrogen-bond acceptors (Lipinski definition) is 4. The van der Waals surface area contributed by atoms with Crippen molar-refractivity contribution in [2.45, 2.75) is 0 Å². The lowest BCUT2D eigenvalue weighted by atomic mass is 10.2. The summed E-state index contributed by atoms with van der Waals surface area (Å²) in [5, 5.41) is 12.3. The van der Waals surface area contributed by atoms with E-state index in [0.29, 0.717) is 20.7 Å². The molecule has 3 aromatic rings. The number of rotatable bonds is 4. The quantitative estimate of drug-likeness (QED) is 0.530. The molecule has 0 aliphatic heterocycles. The van der Waals surface area contributed by atoms with Crippen LogP contribution in [0.3, 0.4) is 0 Å². The van der Waals surface area contributed by atoms with E-state index < -0.39 is 0 Å². The summed E-state index contributed by atoms with van der Waals surface area (Å²) in [6.07, 6.45) is 1.77. The summed E-state index contributed by atoms with van der Waals surface area (Å²) in [6, 6.07) is 14.5. The predicted octanol–water partition coefficient (Wildman–Crippen LogP) is 5.94. The maximum Gasteiger partial charge on any atom is 0.286 e. The first-order valence-corrected chi connectivity index (χ1v) is 9.42. The first kappa shape index (κ1) is 18.1. The summed E-state index contributed by atoms with van der Waals surface area (Å²) >= 11 is 16.7. The number of carbonyl (C=O) groups excluding carboxylic acids is 1. The molecule has 3 rings (SSSR count). The second-order valence-electron chi connectivity index (χ2n) is 4.89. The topological polar surface area (TPSA) is 54.9 Å². The van der Waals surface area contributed by atoms with Crippen LogP contribution < -0.4 is 5.32 Å². The number of benzene rings is 2. The number of nitrogens with zero attached hydrogens (tertiary/aromatic N) is 2. The highest BCUT2D eigenvalue weighted by atomic mass is 79.9. The molecule has 0 saturated carbocycles. The molecule has 1 amide bonds. The third-order valence-electron chi connectivity index (χ3n) is 3.11. The molecular weight excluding hydrogens is 445 g/mol. The van der Waals surface area contributed by atoms with Crippen molar-refractivity contribution in [1.29, 1.82) is 0 Å². The second kappa shape index (κ2) is 8.10. The molecule has 0 aliphatic rings. The molecule has 0 aliphatic carbocycles. The molecule has 8 heteroatoms. The third kappa shape index (κ3) is 4.67. The zero-order valence-electron chi connectivity index (χ0n) is 12.5. The highest BCUT2D eigenvalue weighted by Gasteiger charge is 2.15. The normalized spacial score (nSPS) is 11.4. The Morgan fingerprint density at radius 3 is 2.48 bits per heavy atom. The largest absolute Gasteiger partial charge is 0.320 e. The van der Waals surface area contributed by atoms with Gasteiger partial charge in [-0.05, 0) is 42.0 Å². The van der Waals surface area contributed by atoms with Crippen LogP contribution in [-0.4, -0.2) is 16.1 Å². The van der Waals surface area contributed by atoms with E-state index in [1.165, 1.54) is 0 Å². The van der Waals surface area contributed by atoms with Gasteiger partial charge in [0, 0.05) is 15.2 Å². The summed E-state index contributed by atoms with van der Waals surface area (Å²) in [6.45, 7) is 0. The first-order valence-electron chi connectivity index (χ1n) is 7.05. The van der Waals surface area contributed by atoms with Gasteiger partial charge in [0.25, 0.3) is 5.91 Å². The van der Waals surface area contributed by atoms with Crippen LogP contribution in [0.25, 0.3) is 11.1 Å². The molecule has 1 aromatic heterocycles. The molecule has 4 nitrogen and oxygen atoms in total. The average Bonchev–Trinajstić information content (AvgIpc) is 3.09. The van der Waals surface area contributed by atoms with E-state index in [-0.39, 0.29) is 10.9 Å². The van der Waals surface area contributed by atoms with Gasteiger partial charge in [0.05, 0.1) is 5.03 Å². The maximum absolute atomic E-state index is 12.2. The maximum atomic E-state index is 12.2. The van der Waals surface area contributed by atoms with Gasteiger partial charge in [-0.1, -0.05) is 68.7 Å². The van der Waals surface area contributed by atoms with Gasteiger partial charge in [-0.3, -0.25) is 4.79 Å². The Morgan fingerprint density at radius 1 is 1.08 bits per heavy atom. The van der Waals surface area contributed by atoms with E-state index in [1.807, 2.05) is 24.3 Å². The Kier molecular flexibility index (Phi) is 5.86. The van der Waals surface area contributed by atoms with Crippen molar-refractivity contribution < 1.29 is 4.79 Å². The number of hydrogen-bond donors (Lipinski definition) is 1. The van der Waals surface area contributed by atoms with Crippen LogP contribution in [0.5, 0.6) is 0 Å².